The quantitative estimate of drug-likeness (QED) is 0.753. The molecule has 0 unspecified atom stereocenters. The van der Waals surface area contributed by atoms with E-state index in [1.807, 2.05) is 51.1 Å². The summed E-state index contributed by atoms with van der Waals surface area (Å²) in [5.74, 6) is -0.514. The van der Waals surface area contributed by atoms with Crippen LogP contribution in [-0.2, 0) is 9.59 Å². The summed E-state index contributed by atoms with van der Waals surface area (Å²) in [6.45, 7) is 5.80. The maximum absolute atomic E-state index is 12.3. The van der Waals surface area contributed by atoms with E-state index in [2.05, 4.69) is 5.32 Å². The van der Waals surface area contributed by atoms with E-state index in [1.54, 1.807) is 18.4 Å². The number of ketones is 1. The third-order valence-corrected chi connectivity index (χ3v) is 5.02. The molecule has 138 valence electrons. The van der Waals surface area contributed by atoms with E-state index in [0.717, 1.165) is 15.3 Å². The molecule has 0 bridgehead atoms. The van der Waals surface area contributed by atoms with Crippen LogP contribution in [0.1, 0.15) is 38.5 Å². The number of nitrogens with zero attached hydrogens (tertiary/aromatic N) is 1. The molecule has 0 atom stereocenters. The lowest BCUT2D eigenvalue weighted by Crippen LogP contribution is -2.35. The molecule has 0 aliphatic carbocycles. The van der Waals surface area contributed by atoms with E-state index in [4.69, 9.17) is 0 Å². The van der Waals surface area contributed by atoms with Crippen LogP contribution < -0.4 is 5.32 Å². The molecule has 26 heavy (non-hydrogen) atoms. The van der Waals surface area contributed by atoms with Crippen molar-refractivity contribution in [3.8, 4) is 0 Å². The van der Waals surface area contributed by atoms with Crippen LogP contribution in [0.5, 0.6) is 0 Å². The van der Waals surface area contributed by atoms with Gasteiger partial charge in [0.15, 0.2) is 5.78 Å². The van der Waals surface area contributed by atoms with Crippen molar-refractivity contribution >= 4 is 34.6 Å². The summed E-state index contributed by atoms with van der Waals surface area (Å²) in [6.07, 6.45) is 0.251. The van der Waals surface area contributed by atoms with Crippen molar-refractivity contribution < 1.29 is 14.4 Å². The zero-order chi connectivity index (χ0) is 19.3. The third-order valence-electron chi connectivity index (χ3n) is 4.05. The fourth-order valence-corrected chi connectivity index (χ4v) is 3.54. The number of amides is 2. The fourth-order valence-electron chi connectivity index (χ4n) is 2.59. The molecule has 0 saturated carbocycles. The Kier molecular flexibility index (Phi) is 6.69. The summed E-state index contributed by atoms with van der Waals surface area (Å²) in [5.41, 5.74) is 2.50. The second-order valence-electron chi connectivity index (χ2n) is 6.41. The zero-order valence-corrected chi connectivity index (χ0v) is 16.4. The minimum Gasteiger partial charge on any atom is -0.336 e. The maximum Gasteiger partial charge on any atom is 0.243 e. The van der Waals surface area contributed by atoms with Crippen LogP contribution in [-0.4, -0.2) is 36.1 Å². The molecule has 0 aliphatic rings. The number of anilines is 1. The second kappa shape index (κ2) is 8.76. The van der Waals surface area contributed by atoms with Crippen LogP contribution in [0.2, 0.25) is 0 Å². The van der Waals surface area contributed by atoms with E-state index in [9.17, 15) is 14.4 Å². The van der Waals surface area contributed by atoms with Gasteiger partial charge in [-0.05, 0) is 39.0 Å². The van der Waals surface area contributed by atoms with Gasteiger partial charge in [-0.1, -0.05) is 17.7 Å². The first-order chi connectivity index (χ1) is 12.3. The molecule has 0 saturated heterocycles. The van der Waals surface area contributed by atoms with Gasteiger partial charge in [-0.2, -0.15) is 0 Å². The van der Waals surface area contributed by atoms with Crippen LogP contribution in [0, 0.1) is 20.8 Å². The highest BCUT2D eigenvalue weighted by Crippen LogP contribution is 2.22. The molecule has 0 spiro atoms. The highest BCUT2D eigenvalue weighted by molar-refractivity contribution is 7.12. The number of rotatable bonds is 7. The van der Waals surface area contributed by atoms with E-state index >= 15 is 0 Å². The van der Waals surface area contributed by atoms with Crippen molar-refractivity contribution in [1.82, 2.24) is 4.90 Å². The standard InChI is InChI=1S/C20H24N2O3S/c1-13-5-7-16(8-6-13)21-19(24)12-22(4)20(25)10-9-18(23)17-11-14(2)26-15(17)3/h5-8,11H,9-10,12H2,1-4H3,(H,21,24). The SMILES string of the molecule is Cc1ccc(NC(=O)CN(C)C(=O)CCC(=O)c2cc(C)sc2C)cc1. The predicted molar refractivity (Wildman–Crippen MR) is 105 cm³/mol. The lowest BCUT2D eigenvalue weighted by molar-refractivity contribution is -0.133. The van der Waals surface area contributed by atoms with Crippen molar-refractivity contribution in [3.63, 3.8) is 0 Å². The largest absolute Gasteiger partial charge is 0.336 e. The number of hydrogen-bond acceptors (Lipinski definition) is 4. The molecule has 0 radical (unpaired) electrons. The first kappa shape index (κ1) is 19.8. The van der Waals surface area contributed by atoms with Gasteiger partial charge in [-0.3, -0.25) is 14.4 Å². The van der Waals surface area contributed by atoms with Gasteiger partial charge in [-0.25, -0.2) is 0 Å². The van der Waals surface area contributed by atoms with Crippen LogP contribution in [0.3, 0.4) is 0 Å². The number of carbonyl (C=O) groups is 3. The summed E-state index contributed by atoms with van der Waals surface area (Å²) in [4.78, 5) is 39.9. The number of Topliss-reactive ketones (excluding diaryl/α,β-unsaturated/α-hetero) is 1. The summed E-state index contributed by atoms with van der Waals surface area (Å²) >= 11 is 1.58. The van der Waals surface area contributed by atoms with Gasteiger partial charge in [0.1, 0.15) is 0 Å². The van der Waals surface area contributed by atoms with Gasteiger partial charge in [-0.15, -0.1) is 11.3 Å². The fraction of sp³-hybridized carbons (Fsp3) is 0.350. The highest BCUT2D eigenvalue weighted by atomic mass is 32.1. The van der Waals surface area contributed by atoms with Crippen molar-refractivity contribution in [2.75, 3.05) is 18.9 Å². The lowest BCUT2D eigenvalue weighted by atomic mass is 10.1. The Bertz CT molecular complexity index is 809. The van der Waals surface area contributed by atoms with Crippen LogP contribution in [0.15, 0.2) is 30.3 Å². The summed E-state index contributed by atoms with van der Waals surface area (Å²) in [5, 5.41) is 2.76. The number of likely N-dealkylation sites (N-methyl/N-ethyl adjacent to an activating group) is 1. The van der Waals surface area contributed by atoms with Crippen LogP contribution >= 0.6 is 11.3 Å². The van der Waals surface area contributed by atoms with E-state index in [0.29, 0.717) is 11.3 Å². The molecule has 1 aromatic heterocycles. The van der Waals surface area contributed by atoms with Gasteiger partial charge in [0, 0.05) is 40.9 Å². The number of thiophene rings is 1. The normalized spacial score (nSPS) is 10.5. The third kappa shape index (κ3) is 5.52. The number of nitrogens with one attached hydrogen (secondary N) is 1. The van der Waals surface area contributed by atoms with Crippen molar-refractivity contribution in [2.45, 2.75) is 33.6 Å². The monoisotopic (exact) mass is 372 g/mol. The van der Waals surface area contributed by atoms with Gasteiger partial charge in [0.2, 0.25) is 11.8 Å². The molecule has 6 heteroatoms. The Hall–Kier alpha value is -2.47. The Morgan fingerprint density at radius 2 is 1.69 bits per heavy atom. The summed E-state index contributed by atoms with van der Waals surface area (Å²) in [6, 6.07) is 9.32. The number of carbonyl (C=O) groups excluding carboxylic acids is 3. The molecule has 1 aromatic carbocycles. The molecular formula is C20H24N2O3S. The van der Waals surface area contributed by atoms with Crippen molar-refractivity contribution in [2.24, 2.45) is 0 Å². The summed E-state index contributed by atoms with van der Waals surface area (Å²) < 4.78 is 0. The van der Waals surface area contributed by atoms with E-state index < -0.39 is 0 Å². The Morgan fingerprint density at radius 1 is 1.04 bits per heavy atom. The zero-order valence-electron chi connectivity index (χ0n) is 15.6. The predicted octanol–water partition coefficient (Wildman–Crippen LogP) is 3.73. The van der Waals surface area contributed by atoms with Crippen LogP contribution in [0.4, 0.5) is 5.69 Å². The molecule has 2 amide bonds. The number of benzene rings is 1. The second-order valence-corrected chi connectivity index (χ2v) is 7.87. The maximum atomic E-state index is 12.3. The van der Waals surface area contributed by atoms with Crippen LogP contribution in [0.25, 0.3) is 0 Å². The number of aryl methyl sites for hydroxylation is 3. The average molecular weight is 372 g/mol. The van der Waals surface area contributed by atoms with Gasteiger partial charge < -0.3 is 10.2 Å². The molecule has 0 fully saturated rings. The van der Waals surface area contributed by atoms with E-state index in [1.165, 1.54) is 4.90 Å². The molecule has 0 aliphatic heterocycles. The van der Waals surface area contributed by atoms with Gasteiger partial charge >= 0.3 is 0 Å². The Balaban J connectivity index is 1.81. The minimum absolute atomic E-state index is 0.0299. The smallest absolute Gasteiger partial charge is 0.243 e. The van der Waals surface area contributed by atoms with E-state index in [-0.39, 0.29) is 37.0 Å². The number of hydrogen-bond donors (Lipinski definition) is 1. The first-order valence-corrected chi connectivity index (χ1v) is 9.28. The van der Waals surface area contributed by atoms with Crippen molar-refractivity contribution in [3.05, 3.63) is 51.2 Å². The Labute approximate surface area is 158 Å². The molecule has 1 N–H and O–H groups in total. The first-order valence-electron chi connectivity index (χ1n) is 8.47. The minimum atomic E-state index is -0.264. The molecular weight excluding hydrogens is 348 g/mol. The molecule has 1 heterocycles. The Morgan fingerprint density at radius 3 is 2.27 bits per heavy atom. The molecule has 5 nitrogen and oxygen atoms in total. The van der Waals surface area contributed by atoms with Gasteiger partial charge in [0.25, 0.3) is 0 Å². The molecule has 2 aromatic rings. The highest BCUT2D eigenvalue weighted by Gasteiger charge is 2.17. The van der Waals surface area contributed by atoms with Gasteiger partial charge in [0.05, 0.1) is 6.54 Å². The van der Waals surface area contributed by atoms with Crippen molar-refractivity contribution in [1.29, 1.82) is 0 Å². The molecule has 2 rings (SSSR count). The topological polar surface area (TPSA) is 66.5 Å². The average Bonchev–Trinajstić information content (AvgIpc) is 2.92. The lowest BCUT2D eigenvalue weighted by Gasteiger charge is -2.16. The summed E-state index contributed by atoms with van der Waals surface area (Å²) in [7, 11) is 1.57.